The smallest absolute Gasteiger partial charge is 0.168 e. The molecule has 4 unspecified atom stereocenters. The SMILES string of the molecule is CC(O)C[N+]1=CCCC2CC1CC2N. The van der Waals surface area contributed by atoms with E-state index in [9.17, 15) is 5.11 Å². The minimum absolute atomic E-state index is 0.236. The lowest BCUT2D eigenvalue weighted by Crippen LogP contribution is -2.33. The van der Waals surface area contributed by atoms with Crippen LogP contribution in [0.4, 0.5) is 0 Å². The molecule has 0 aromatic heterocycles. The Labute approximate surface area is 85.6 Å². The molecule has 0 amide bonds. The van der Waals surface area contributed by atoms with Crippen molar-refractivity contribution < 1.29 is 9.68 Å². The fraction of sp³-hybridized carbons (Fsp3) is 0.909. The van der Waals surface area contributed by atoms with E-state index >= 15 is 0 Å². The van der Waals surface area contributed by atoms with Crippen LogP contribution in [-0.4, -0.2) is 40.6 Å². The van der Waals surface area contributed by atoms with Gasteiger partial charge in [0.25, 0.3) is 0 Å². The first-order valence-corrected chi connectivity index (χ1v) is 5.69. The molecule has 2 aliphatic rings. The molecule has 0 radical (unpaired) electrons. The number of fused-ring (bicyclic) bond motifs is 2. The van der Waals surface area contributed by atoms with Crippen molar-refractivity contribution in [2.75, 3.05) is 6.54 Å². The van der Waals surface area contributed by atoms with Gasteiger partial charge in [-0.05, 0) is 19.3 Å². The Bertz CT molecular complexity index is 237. The van der Waals surface area contributed by atoms with Crippen molar-refractivity contribution >= 4 is 6.21 Å². The van der Waals surface area contributed by atoms with Crippen molar-refractivity contribution in [2.24, 2.45) is 11.7 Å². The Morgan fingerprint density at radius 3 is 3.07 bits per heavy atom. The van der Waals surface area contributed by atoms with E-state index in [1.54, 1.807) is 0 Å². The van der Waals surface area contributed by atoms with Crippen LogP contribution in [0.1, 0.15) is 32.6 Å². The molecule has 4 atom stereocenters. The standard InChI is InChI=1S/C11H21N2O/c1-8(14)7-13-4-2-3-9-5-10(13)6-11(9)12/h4,8-11,14H,2-3,5-7,12H2,1H3/q+1. The fourth-order valence-corrected chi connectivity index (χ4v) is 2.86. The highest BCUT2D eigenvalue weighted by molar-refractivity contribution is 5.51. The monoisotopic (exact) mass is 197 g/mol. The molecule has 2 rings (SSSR count). The van der Waals surface area contributed by atoms with Crippen LogP contribution in [0.15, 0.2) is 0 Å². The summed E-state index contributed by atoms with van der Waals surface area (Å²) in [6.45, 7) is 2.62. The normalized spacial score (nSPS) is 39.1. The zero-order valence-corrected chi connectivity index (χ0v) is 8.89. The molecule has 0 spiro atoms. The second kappa shape index (κ2) is 3.99. The summed E-state index contributed by atoms with van der Waals surface area (Å²) in [5, 5.41) is 9.40. The number of hydrogen-bond acceptors (Lipinski definition) is 2. The van der Waals surface area contributed by atoms with Crippen LogP contribution in [-0.2, 0) is 0 Å². The van der Waals surface area contributed by atoms with E-state index in [2.05, 4.69) is 10.8 Å². The number of nitrogens with zero attached hydrogens (tertiary/aromatic N) is 1. The Hall–Kier alpha value is -0.410. The van der Waals surface area contributed by atoms with Crippen LogP contribution in [0.5, 0.6) is 0 Å². The van der Waals surface area contributed by atoms with Crippen molar-refractivity contribution in [3.8, 4) is 0 Å². The van der Waals surface area contributed by atoms with E-state index < -0.39 is 0 Å². The molecule has 14 heavy (non-hydrogen) atoms. The highest BCUT2D eigenvalue weighted by atomic mass is 16.3. The lowest BCUT2D eigenvalue weighted by Gasteiger charge is -2.13. The largest absolute Gasteiger partial charge is 0.387 e. The molecule has 1 heterocycles. The molecular weight excluding hydrogens is 176 g/mol. The van der Waals surface area contributed by atoms with Crippen LogP contribution >= 0.6 is 0 Å². The summed E-state index contributed by atoms with van der Waals surface area (Å²) in [7, 11) is 0. The summed E-state index contributed by atoms with van der Waals surface area (Å²) < 4.78 is 2.32. The van der Waals surface area contributed by atoms with Crippen LogP contribution < -0.4 is 5.73 Å². The second-order valence-electron chi connectivity index (χ2n) is 4.85. The highest BCUT2D eigenvalue weighted by Crippen LogP contribution is 2.32. The minimum Gasteiger partial charge on any atom is -0.387 e. The van der Waals surface area contributed by atoms with Gasteiger partial charge < -0.3 is 10.8 Å². The maximum Gasteiger partial charge on any atom is 0.168 e. The quantitative estimate of drug-likeness (QED) is 0.628. The van der Waals surface area contributed by atoms with Gasteiger partial charge in [-0.3, -0.25) is 0 Å². The van der Waals surface area contributed by atoms with Gasteiger partial charge in [-0.1, -0.05) is 0 Å². The van der Waals surface area contributed by atoms with Gasteiger partial charge in [-0.2, -0.15) is 0 Å². The summed E-state index contributed by atoms with van der Waals surface area (Å²) in [6, 6.07) is 0.984. The zero-order valence-electron chi connectivity index (χ0n) is 8.89. The van der Waals surface area contributed by atoms with E-state index in [1.165, 1.54) is 12.8 Å². The van der Waals surface area contributed by atoms with Gasteiger partial charge in [0.05, 0.1) is 0 Å². The van der Waals surface area contributed by atoms with E-state index in [1.807, 2.05) is 6.92 Å². The van der Waals surface area contributed by atoms with Gasteiger partial charge >= 0.3 is 0 Å². The van der Waals surface area contributed by atoms with Crippen molar-refractivity contribution in [3.63, 3.8) is 0 Å². The molecule has 0 aromatic carbocycles. The Morgan fingerprint density at radius 1 is 1.57 bits per heavy atom. The van der Waals surface area contributed by atoms with Crippen molar-refractivity contribution in [3.05, 3.63) is 0 Å². The lowest BCUT2D eigenvalue weighted by atomic mass is 9.99. The van der Waals surface area contributed by atoms with Gasteiger partial charge in [0.15, 0.2) is 12.6 Å². The molecule has 2 bridgehead atoms. The number of aliphatic hydroxyl groups is 1. The molecule has 3 N–H and O–H groups in total. The molecule has 0 aromatic rings. The van der Waals surface area contributed by atoms with Crippen molar-refractivity contribution in [2.45, 2.75) is 50.8 Å². The Balaban J connectivity index is 2.06. The Kier molecular flexibility index (Phi) is 2.88. The number of rotatable bonds is 2. The van der Waals surface area contributed by atoms with Crippen molar-refractivity contribution in [1.29, 1.82) is 0 Å². The van der Waals surface area contributed by atoms with Crippen LogP contribution in [0.3, 0.4) is 0 Å². The number of β-amino-alcohol motifs (C(OH)–C–C–N with tert-alkyl or cyclic N) is 1. The highest BCUT2D eigenvalue weighted by Gasteiger charge is 2.39. The molecule has 1 saturated carbocycles. The molecule has 1 aliphatic heterocycles. The maximum atomic E-state index is 9.40. The van der Waals surface area contributed by atoms with Gasteiger partial charge in [-0.15, -0.1) is 0 Å². The van der Waals surface area contributed by atoms with E-state index in [4.69, 9.17) is 5.73 Å². The average molecular weight is 197 g/mol. The Morgan fingerprint density at radius 2 is 2.36 bits per heavy atom. The second-order valence-corrected chi connectivity index (χ2v) is 4.85. The van der Waals surface area contributed by atoms with Gasteiger partial charge in [0.2, 0.25) is 0 Å². The summed E-state index contributed by atoms with van der Waals surface area (Å²) >= 11 is 0. The molecule has 3 heteroatoms. The lowest BCUT2D eigenvalue weighted by molar-refractivity contribution is -0.568. The van der Waals surface area contributed by atoms with Crippen molar-refractivity contribution in [1.82, 2.24) is 0 Å². The number of nitrogens with two attached hydrogens (primary N) is 1. The first kappa shape index (κ1) is 10.1. The predicted molar refractivity (Wildman–Crippen MR) is 56.6 cm³/mol. The molecule has 0 saturated heterocycles. The fourth-order valence-electron chi connectivity index (χ4n) is 2.86. The summed E-state index contributed by atoms with van der Waals surface area (Å²) in [4.78, 5) is 0. The van der Waals surface area contributed by atoms with Gasteiger partial charge in [0.1, 0.15) is 12.3 Å². The third kappa shape index (κ3) is 1.98. The average Bonchev–Trinajstić information content (AvgIpc) is 2.33. The van der Waals surface area contributed by atoms with E-state index in [-0.39, 0.29) is 6.10 Å². The number of hydrogen-bond donors (Lipinski definition) is 2. The molecule has 80 valence electrons. The molecule has 3 nitrogen and oxygen atoms in total. The molecule has 1 fully saturated rings. The van der Waals surface area contributed by atoms with Gasteiger partial charge in [0, 0.05) is 25.3 Å². The first-order valence-electron chi connectivity index (χ1n) is 5.69. The summed E-state index contributed by atoms with van der Waals surface area (Å²) in [5.74, 6) is 0.718. The maximum absolute atomic E-state index is 9.40. The molecule has 1 aliphatic carbocycles. The van der Waals surface area contributed by atoms with E-state index in [0.717, 1.165) is 25.3 Å². The number of aliphatic hydroxyl groups excluding tert-OH is 1. The molecular formula is C11H21N2O+. The summed E-state index contributed by atoms with van der Waals surface area (Å²) in [6.07, 6.45) is 6.72. The topological polar surface area (TPSA) is 49.3 Å². The summed E-state index contributed by atoms with van der Waals surface area (Å²) in [5.41, 5.74) is 6.08. The predicted octanol–water partition coefficient (Wildman–Crippen LogP) is 0.350. The van der Waals surface area contributed by atoms with Crippen LogP contribution in [0.2, 0.25) is 0 Å². The first-order chi connectivity index (χ1) is 6.66. The van der Waals surface area contributed by atoms with Crippen LogP contribution in [0, 0.1) is 5.92 Å². The van der Waals surface area contributed by atoms with Gasteiger partial charge in [-0.25, -0.2) is 4.58 Å². The third-order valence-corrected chi connectivity index (χ3v) is 3.57. The van der Waals surface area contributed by atoms with Crippen LogP contribution in [0.25, 0.3) is 0 Å². The minimum atomic E-state index is -0.236. The third-order valence-electron chi connectivity index (χ3n) is 3.57. The van der Waals surface area contributed by atoms with E-state index in [0.29, 0.717) is 12.1 Å². The zero-order chi connectivity index (χ0) is 10.1.